The fourth-order valence-electron chi connectivity index (χ4n) is 2.41. The van der Waals surface area contributed by atoms with Crippen LogP contribution < -0.4 is 9.47 Å². The Morgan fingerprint density at radius 1 is 1.29 bits per heavy atom. The van der Waals surface area contributed by atoms with E-state index in [-0.39, 0.29) is 12.4 Å². The van der Waals surface area contributed by atoms with Gasteiger partial charge in [0.2, 0.25) is 0 Å². The van der Waals surface area contributed by atoms with Crippen LogP contribution in [-0.2, 0) is 6.54 Å². The summed E-state index contributed by atoms with van der Waals surface area (Å²) in [5.74, 6) is 0.919. The molecule has 6 nitrogen and oxygen atoms in total. The summed E-state index contributed by atoms with van der Waals surface area (Å²) in [5, 5.41) is 14.6. The van der Waals surface area contributed by atoms with Crippen LogP contribution in [0, 0.1) is 20.8 Å². The standard InChI is InChI=1S/C18H24N2O4/c1-11-12(2)19-20(13(11)3)9-16(22)10-24-17-7-6-15(14(4)21)8-18(17)23-5/h6-8,16,22H,9-10H2,1-5H3. The Morgan fingerprint density at radius 2 is 2.00 bits per heavy atom. The third-order valence-electron chi connectivity index (χ3n) is 4.13. The number of rotatable bonds is 7. The van der Waals surface area contributed by atoms with Crippen LogP contribution in [0.15, 0.2) is 18.2 Å². The fraction of sp³-hybridized carbons (Fsp3) is 0.444. The average molecular weight is 332 g/mol. The Balaban J connectivity index is 2.02. The van der Waals surface area contributed by atoms with Crippen LogP contribution in [0.5, 0.6) is 11.5 Å². The van der Waals surface area contributed by atoms with Crippen molar-refractivity contribution in [2.75, 3.05) is 13.7 Å². The van der Waals surface area contributed by atoms with Gasteiger partial charge in [-0.1, -0.05) is 0 Å². The molecular weight excluding hydrogens is 308 g/mol. The number of benzene rings is 1. The normalized spacial score (nSPS) is 12.1. The van der Waals surface area contributed by atoms with Crippen molar-refractivity contribution in [3.05, 3.63) is 40.7 Å². The molecule has 1 unspecified atom stereocenters. The second-order valence-corrected chi connectivity index (χ2v) is 5.86. The minimum Gasteiger partial charge on any atom is -0.493 e. The number of hydrogen-bond acceptors (Lipinski definition) is 5. The van der Waals surface area contributed by atoms with Crippen LogP contribution in [0.25, 0.3) is 0 Å². The predicted octanol–water partition coefficient (Wildman–Crippen LogP) is 2.46. The molecule has 0 aliphatic carbocycles. The number of hydrogen-bond donors (Lipinski definition) is 1. The number of methoxy groups -OCH3 is 1. The van der Waals surface area contributed by atoms with E-state index in [1.165, 1.54) is 14.0 Å². The average Bonchev–Trinajstić information content (AvgIpc) is 2.79. The monoisotopic (exact) mass is 332 g/mol. The molecule has 0 amide bonds. The molecule has 2 rings (SSSR count). The van der Waals surface area contributed by atoms with Crippen LogP contribution in [0.3, 0.4) is 0 Å². The summed E-state index contributed by atoms with van der Waals surface area (Å²) >= 11 is 0. The Labute approximate surface area is 142 Å². The van der Waals surface area contributed by atoms with Crippen molar-refractivity contribution in [3.63, 3.8) is 0 Å². The van der Waals surface area contributed by atoms with Gasteiger partial charge in [0.1, 0.15) is 12.7 Å². The maximum atomic E-state index is 11.4. The molecule has 0 aliphatic rings. The summed E-state index contributed by atoms with van der Waals surface area (Å²) in [5.41, 5.74) is 3.68. The predicted molar refractivity (Wildman–Crippen MR) is 90.9 cm³/mol. The van der Waals surface area contributed by atoms with Gasteiger partial charge in [-0.3, -0.25) is 9.48 Å². The number of carbonyl (C=O) groups is 1. The van der Waals surface area contributed by atoms with E-state index in [0.717, 1.165) is 17.0 Å². The van der Waals surface area contributed by atoms with Crippen molar-refractivity contribution < 1.29 is 19.4 Å². The zero-order chi connectivity index (χ0) is 17.9. The molecule has 0 fully saturated rings. The van der Waals surface area contributed by atoms with Gasteiger partial charge in [0.25, 0.3) is 0 Å². The highest BCUT2D eigenvalue weighted by molar-refractivity contribution is 5.94. The van der Waals surface area contributed by atoms with Gasteiger partial charge in [0, 0.05) is 11.3 Å². The molecule has 2 aromatic rings. The Hall–Kier alpha value is -2.34. The lowest BCUT2D eigenvalue weighted by atomic mass is 10.1. The van der Waals surface area contributed by atoms with Crippen molar-refractivity contribution in [2.24, 2.45) is 0 Å². The van der Waals surface area contributed by atoms with E-state index in [9.17, 15) is 9.90 Å². The molecule has 130 valence electrons. The fourth-order valence-corrected chi connectivity index (χ4v) is 2.41. The quantitative estimate of drug-likeness (QED) is 0.789. The zero-order valence-electron chi connectivity index (χ0n) is 14.8. The minimum atomic E-state index is -0.709. The Kier molecular flexibility index (Phi) is 5.62. The number of aromatic nitrogens is 2. The SMILES string of the molecule is COc1cc(C(C)=O)ccc1OCC(O)Cn1nc(C)c(C)c1C. The van der Waals surface area contributed by atoms with E-state index in [1.54, 1.807) is 22.9 Å². The van der Waals surface area contributed by atoms with E-state index < -0.39 is 6.10 Å². The molecule has 0 bridgehead atoms. The third-order valence-corrected chi connectivity index (χ3v) is 4.13. The molecule has 1 N–H and O–H groups in total. The Morgan fingerprint density at radius 3 is 2.54 bits per heavy atom. The van der Waals surface area contributed by atoms with Gasteiger partial charge in [-0.2, -0.15) is 5.10 Å². The number of aliphatic hydroxyl groups excluding tert-OH is 1. The van der Waals surface area contributed by atoms with Crippen LogP contribution in [0.1, 0.15) is 34.2 Å². The number of ketones is 1. The molecule has 1 aromatic heterocycles. The number of aliphatic hydroxyl groups is 1. The number of nitrogens with zero attached hydrogens (tertiary/aromatic N) is 2. The topological polar surface area (TPSA) is 73.6 Å². The Bertz CT molecular complexity index is 737. The molecule has 1 atom stereocenters. The largest absolute Gasteiger partial charge is 0.493 e. The maximum absolute atomic E-state index is 11.4. The summed E-state index contributed by atoms with van der Waals surface area (Å²) in [6.07, 6.45) is -0.709. The molecule has 1 heterocycles. The molecule has 0 aliphatic heterocycles. The summed E-state index contributed by atoms with van der Waals surface area (Å²) in [6.45, 7) is 7.89. The van der Waals surface area contributed by atoms with Crippen LogP contribution in [0.2, 0.25) is 0 Å². The molecule has 0 saturated carbocycles. The number of ether oxygens (including phenoxy) is 2. The van der Waals surface area contributed by atoms with Gasteiger partial charge in [-0.15, -0.1) is 0 Å². The first-order chi connectivity index (χ1) is 11.3. The lowest BCUT2D eigenvalue weighted by molar-refractivity contribution is 0.0871. The molecular formula is C18H24N2O4. The van der Waals surface area contributed by atoms with E-state index in [1.807, 2.05) is 20.8 Å². The van der Waals surface area contributed by atoms with Crippen LogP contribution in [0.4, 0.5) is 0 Å². The van der Waals surface area contributed by atoms with Crippen molar-refractivity contribution >= 4 is 5.78 Å². The van der Waals surface area contributed by atoms with Crippen molar-refractivity contribution in [1.82, 2.24) is 9.78 Å². The highest BCUT2D eigenvalue weighted by Gasteiger charge is 2.14. The lowest BCUT2D eigenvalue weighted by Gasteiger charge is -2.15. The smallest absolute Gasteiger partial charge is 0.161 e. The van der Waals surface area contributed by atoms with E-state index in [2.05, 4.69) is 5.10 Å². The number of Topliss-reactive ketones (excluding diaryl/α,β-unsaturated/α-hetero) is 1. The van der Waals surface area contributed by atoms with E-state index >= 15 is 0 Å². The second kappa shape index (κ2) is 7.49. The summed E-state index contributed by atoms with van der Waals surface area (Å²) in [4.78, 5) is 11.4. The van der Waals surface area contributed by atoms with Gasteiger partial charge in [0.05, 0.1) is 19.3 Å². The maximum Gasteiger partial charge on any atom is 0.161 e. The van der Waals surface area contributed by atoms with Crippen molar-refractivity contribution in [2.45, 2.75) is 40.3 Å². The van der Waals surface area contributed by atoms with Crippen LogP contribution in [-0.4, -0.2) is 40.5 Å². The first kappa shape index (κ1) is 18.0. The zero-order valence-corrected chi connectivity index (χ0v) is 14.8. The number of aryl methyl sites for hydroxylation is 1. The van der Waals surface area contributed by atoms with E-state index in [4.69, 9.17) is 9.47 Å². The highest BCUT2D eigenvalue weighted by Crippen LogP contribution is 2.28. The van der Waals surface area contributed by atoms with Gasteiger partial charge < -0.3 is 14.6 Å². The molecule has 6 heteroatoms. The van der Waals surface area contributed by atoms with E-state index in [0.29, 0.717) is 23.6 Å². The molecule has 24 heavy (non-hydrogen) atoms. The van der Waals surface area contributed by atoms with Gasteiger partial charge in [-0.05, 0) is 51.5 Å². The minimum absolute atomic E-state index is 0.0419. The third kappa shape index (κ3) is 3.94. The van der Waals surface area contributed by atoms with Crippen molar-refractivity contribution in [1.29, 1.82) is 0 Å². The van der Waals surface area contributed by atoms with Crippen LogP contribution >= 0.6 is 0 Å². The van der Waals surface area contributed by atoms with Gasteiger partial charge in [-0.25, -0.2) is 0 Å². The first-order valence-corrected chi connectivity index (χ1v) is 7.84. The number of carbonyl (C=O) groups excluding carboxylic acids is 1. The molecule has 0 radical (unpaired) electrons. The summed E-state index contributed by atoms with van der Waals surface area (Å²) < 4.78 is 12.7. The molecule has 1 aromatic carbocycles. The molecule has 0 spiro atoms. The molecule has 0 saturated heterocycles. The van der Waals surface area contributed by atoms with Crippen molar-refractivity contribution in [3.8, 4) is 11.5 Å². The lowest BCUT2D eigenvalue weighted by Crippen LogP contribution is -2.25. The van der Waals surface area contributed by atoms with Gasteiger partial charge in [0.15, 0.2) is 17.3 Å². The summed E-state index contributed by atoms with van der Waals surface area (Å²) in [7, 11) is 1.52. The second-order valence-electron chi connectivity index (χ2n) is 5.86. The first-order valence-electron chi connectivity index (χ1n) is 7.84. The summed E-state index contributed by atoms with van der Waals surface area (Å²) in [6, 6.07) is 4.99. The van der Waals surface area contributed by atoms with Gasteiger partial charge >= 0.3 is 0 Å². The highest BCUT2D eigenvalue weighted by atomic mass is 16.5.